The Kier molecular flexibility index (Phi) is 5.36. The summed E-state index contributed by atoms with van der Waals surface area (Å²) in [5, 5.41) is 0. The average molecular weight is 217 g/mol. The molecule has 0 spiro atoms. The summed E-state index contributed by atoms with van der Waals surface area (Å²) >= 11 is 0. The highest BCUT2D eigenvalue weighted by Gasteiger charge is 2.17. The van der Waals surface area contributed by atoms with E-state index in [0.29, 0.717) is 6.29 Å². The maximum Gasteiger partial charge on any atom is 0.441 e. The normalized spacial score (nSPS) is 10.3. The molecule has 0 aliphatic rings. The lowest BCUT2D eigenvalue weighted by molar-refractivity contribution is -0.151. The van der Waals surface area contributed by atoms with E-state index in [9.17, 15) is 14.4 Å². The van der Waals surface area contributed by atoms with Gasteiger partial charge in [0.15, 0.2) is 0 Å². The molecule has 86 valence electrons. The van der Waals surface area contributed by atoms with Crippen LogP contribution in [0.1, 0.15) is 33.6 Å². The SMILES string of the molecule is CC(C)(C)OC(=O)NOC(=O)CCC=O. The fourth-order valence-corrected chi connectivity index (χ4v) is 0.625. The average Bonchev–Trinajstić information content (AvgIpc) is 2.08. The van der Waals surface area contributed by atoms with Crippen LogP contribution in [0.3, 0.4) is 0 Å². The molecule has 0 unspecified atom stereocenters. The van der Waals surface area contributed by atoms with Gasteiger partial charge in [-0.05, 0) is 20.8 Å². The van der Waals surface area contributed by atoms with Crippen LogP contribution in [0.2, 0.25) is 0 Å². The van der Waals surface area contributed by atoms with Gasteiger partial charge in [-0.15, -0.1) is 5.48 Å². The largest absolute Gasteiger partial charge is 0.442 e. The molecule has 6 heteroatoms. The first-order valence-corrected chi connectivity index (χ1v) is 4.47. The molecule has 1 N–H and O–H groups in total. The fourth-order valence-electron chi connectivity index (χ4n) is 0.625. The summed E-state index contributed by atoms with van der Waals surface area (Å²) in [6, 6.07) is 0. The van der Waals surface area contributed by atoms with Gasteiger partial charge in [0.25, 0.3) is 0 Å². The highest BCUT2D eigenvalue weighted by atomic mass is 16.7. The van der Waals surface area contributed by atoms with Crippen molar-refractivity contribution >= 4 is 18.3 Å². The van der Waals surface area contributed by atoms with Crippen LogP contribution in [0, 0.1) is 0 Å². The Labute approximate surface area is 87.9 Å². The second-order valence-corrected chi connectivity index (χ2v) is 3.78. The van der Waals surface area contributed by atoms with E-state index in [1.165, 1.54) is 0 Å². The van der Waals surface area contributed by atoms with Gasteiger partial charge in [-0.3, -0.25) is 0 Å². The molecule has 0 atom stereocenters. The van der Waals surface area contributed by atoms with Crippen LogP contribution in [0.4, 0.5) is 4.79 Å². The quantitative estimate of drug-likeness (QED) is 0.562. The summed E-state index contributed by atoms with van der Waals surface area (Å²) in [5.41, 5.74) is 1.17. The molecule has 0 aliphatic carbocycles. The Bertz CT molecular complexity index is 243. The molecule has 0 saturated heterocycles. The number of aldehydes is 1. The van der Waals surface area contributed by atoms with E-state index < -0.39 is 17.7 Å². The van der Waals surface area contributed by atoms with Gasteiger partial charge in [0.1, 0.15) is 11.9 Å². The maximum atomic E-state index is 11.0. The van der Waals surface area contributed by atoms with Gasteiger partial charge in [0, 0.05) is 6.42 Å². The fraction of sp³-hybridized carbons (Fsp3) is 0.667. The molecule has 0 saturated carbocycles. The van der Waals surface area contributed by atoms with Crippen molar-refractivity contribution in [3.63, 3.8) is 0 Å². The van der Waals surface area contributed by atoms with Gasteiger partial charge in [0.2, 0.25) is 0 Å². The van der Waals surface area contributed by atoms with E-state index in [4.69, 9.17) is 4.74 Å². The summed E-state index contributed by atoms with van der Waals surface area (Å²) < 4.78 is 4.80. The Morgan fingerprint density at radius 1 is 1.33 bits per heavy atom. The topological polar surface area (TPSA) is 81.7 Å². The summed E-state index contributed by atoms with van der Waals surface area (Å²) in [4.78, 5) is 36.0. The van der Waals surface area contributed by atoms with Gasteiger partial charge < -0.3 is 14.4 Å². The maximum absolute atomic E-state index is 11.0. The lowest BCUT2D eigenvalue weighted by Crippen LogP contribution is -2.34. The van der Waals surface area contributed by atoms with E-state index in [1.54, 1.807) is 20.8 Å². The first-order chi connectivity index (χ1) is 6.85. The Hall–Kier alpha value is -1.59. The molecule has 0 bridgehead atoms. The smallest absolute Gasteiger partial charge is 0.441 e. The van der Waals surface area contributed by atoms with E-state index in [0.717, 1.165) is 0 Å². The summed E-state index contributed by atoms with van der Waals surface area (Å²) in [7, 11) is 0. The van der Waals surface area contributed by atoms with Crippen LogP contribution in [-0.4, -0.2) is 23.9 Å². The first-order valence-electron chi connectivity index (χ1n) is 4.47. The molecule has 0 rings (SSSR count). The number of hydrogen-bond acceptors (Lipinski definition) is 5. The van der Waals surface area contributed by atoms with Gasteiger partial charge in [0.05, 0.1) is 6.42 Å². The molecular weight excluding hydrogens is 202 g/mol. The van der Waals surface area contributed by atoms with Crippen LogP contribution in [0.5, 0.6) is 0 Å². The standard InChI is InChI=1S/C9H15NO5/c1-9(2,3)14-8(13)10-15-7(12)5-4-6-11/h6H,4-5H2,1-3H3,(H,10,13). The van der Waals surface area contributed by atoms with Crippen molar-refractivity contribution in [2.75, 3.05) is 0 Å². The van der Waals surface area contributed by atoms with Crippen molar-refractivity contribution in [1.82, 2.24) is 5.48 Å². The zero-order valence-corrected chi connectivity index (χ0v) is 9.03. The number of hydrogen-bond donors (Lipinski definition) is 1. The van der Waals surface area contributed by atoms with Crippen LogP contribution in [0.15, 0.2) is 0 Å². The number of carbonyl (C=O) groups is 3. The van der Waals surface area contributed by atoms with Crippen LogP contribution >= 0.6 is 0 Å². The van der Waals surface area contributed by atoms with Crippen molar-refractivity contribution in [3.8, 4) is 0 Å². The van der Waals surface area contributed by atoms with Gasteiger partial charge in [-0.25, -0.2) is 9.59 Å². The van der Waals surface area contributed by atoms with E-state index in [2.05, 4.69) is 4.84 Å². The third-order valence-corrected chi connectivity index (χ3v) is 1.11. The minimum Gasteiger partial charge on any atom is -0.442 e. The lowest BCUT2D eigenvalue weighted by Gasteiger charge is -2.19. The first kappa shape index (κ1) is 13.4. The molecule has 0 heterocycles. The van der Waals surface area contributed by atoms with Crippen molar-refractivity contribution < 1.29 is 24.0 Å². The van der Waals surface area contributed by atoms with Crippen molar-refractivity contribution in [2.45, 2.75) is 39.2 Å². The summed E-state index contributed by atoms with van der Waals surface area (Å²) in [6.07, 6.45) is -0.259. The highest BCUT2D eigenvalue weighted by Crippen LogP contribution is 2.06. The summed E-state index contributed by atoms with van der Waals surface area (Å²) in [6.45, 7) is 5.04. The molecule has 0 aromatic carbocycles. The molecule has 1 amide bonds. The zero-order valence-electron chi connectivity index (χ0n) is 9.03. The minimum atomic E-state index is -0.845. The summed E-state index contributed by atoms with van der Waals surface area (Å²) in [5.74, 6) is -0.687. The molecule has 0 aromatic rings. The second kappa shape index (κ2) is 6.00. The van der Waals surface area contributed by atoms with Crippen LogP contribution < -0.4 is 5.48 Å². The zero-order chi connectivity index (χ0) is 11.9. The Morgan fingerprint density at radius 3 is 2.40 bits per heavy atom. The van der Waals surface area contributed by atoms with Crippen molar-refractivity contribution in [3.05, 3.63) is 0 Å². The van der Waals surface area contributed by atoms with E-state index in [1.807, 2.05) is 5.48 Å². The molecule has 0 aromatic heterocycles. The molecular formula is C9H15NO5. The number of nitrogens with one attached hydrogen (secondary N) is 1. The second-order valence-electron chi connectivity index (χ2n) is 3.78. The molecule has 0 fully saturated rings. The Morgan fingerprint density at radius 2 is 1.93 bits per heavy atom. The Balaban J connectivity index is 3.71. The predicted molar refractivity (Wildman–Crippen MR) is 50.8 cm³/mol. The van der Waals surface area contributed by atoms with Gasteiger partial charge in [-0.1, -0.05) is 0 Å². The molecule has 0 aliphatic heterocycles. The van der Waals surface area contributed by atoms with Crippen molar-refractivity contribution in [1.29, 1.82) is 0 Å². The predicted octanol–water partition coefficient (Wildman–Crippen LogP) is 0.948. The molecule has 15 heavy (non-hydrogen) atoms. The highest BCUT2D eigenvalue weighted by molar-refractivity contribution is 5.75. The van der Waals surface area contributed by atoms with Crippen LogP contribution in [0.25, 0.3) is 0 Å². The number of carbonyl (C=O) groups excluding carboxylic acids is 3. The molecule has 0 radical (unpaired) electrons. The van der Waals surface area contributed by atoms with Crippen molar-refractivity contribution in [2.24, 2.45) is 0 Å². The third-order valence-electron chi connectivity index (χ3n) is 1.11. The van der Waals surface area contributed by atoms with Gasteiger partial charge >= 0.3 is 12.1 Å². The van der Waals surface area contributed by atoms with E-state index >= 15 is 0 Å². The van der Waals surface area contributed by atoms with E-state index in [-0.39, 0.29) is 12.8 Å². The lowest BCUT2D eigenvalue weighted by atomic mass is 10.2. The number of rotatable bonds is 3. The number of ether oxygens (including phenoxy) is 1. The van der Waals surface area contributed by atoms with Gasteiger partial charge in [-0.2, -0.15) is 0 Å². The minimum absolute atomic E-state index is 0.0643. The third kappa shape index (κ3) is 8.73. The monoisotopic (exact) mass is 217 g/mol. The van der Waals surface area contributed by atoms with Crippen LogP contribution in [-0.2, 0) is 19.2 Å². The number of amides is 1. The number of hydroxylamine groups is 1. The molecule has 6 nitrogen and oxygen atoms in total.